The molecule has 1 aliphatic rings. The molecular formula is C27H39N5O5. The maximum Gasteiger partial charge on any atom is 0.241 e. The third-order valence-electron chi connectivity index (χ3n) is 5.84. The van der Waals surface area contributed by atoms with Gasteiger partial charge in [-0.05, 0) is 74.0 Å². The van der Waals surface area contributed by atoms with Gasteiger partial charge in [0.05, 0.1) is 12.6 Å². The molecule has 1 aliphatic carbocycles. The van der Waals surface area contributed by atoms with E-state index in [1.807, 2.05) is 43.3 Å². The number of benzene rings is 2. The zero-order valence-corrected chi connectivity index (χ0v) is 21.7. The first kappa shape index (κ1) is 29.7. The Morgan fingerprint density at radius 3 is 2.51 bits per heavy atom. The van der Waals surface area contributed by atoms with E-state index < -0.39 is 5.91 Å². The molecule has 1 atom stereocenters. The van der Waals surface area contributed by atoms with Crippen LogP contribution >= 0.6 is 0 Å². The predicted octanol–water partition coefficient (Wildman–Crippen LogP) is 2.32. The van der Waals surface area contributed by atoms with Gasteiger partial charge in [0.15, 0.2) is 6.67 Å². The fourth-order valence-electron chi connectivity index (χ4n) is 3.66. The first-order chi connectivity index (χ1) is 17.8. The SMILES string of the molecule is CN(CC(=O)NCN=O)C(=O)C(NCCOc1ccccc1CCCN)C1CC1.Cc1ccc(O)cc1. The number of phenolic OH excluding ortho intramolecular Hbond substituents is 1. The number of nitrogens with two attached hydrogens (primary N) is 1. The van der Waals surface area contributed by atoms with Crippen molar-refractivity contribution in [2.45, 2.75) is 38.6 Å². The second kappa shape index (κ2) is 16.3. The van der Waals surface area contributed by atoms with Gasteiger partial charge in [-0.25, -0.2) is 0 Å². The summed E-state index contributed by atoms with van der Waals surface area (Å²) in [4.78, 5) is 35.9. The highest BCUT2D eigenvalue weighted by atomic mass is 16.5. The van der Waals surface area contributed by atoms with Crippen LogP contribution in [0.25, 0.3) is 0 Å². The molecule has 2 aromatic carbocycles. The highest BCUT2D eigenvalue weighted by Crippen LogP contribution is 2.33. The average molecular weight is 514 g/mol. The molecule has 0 saturated heterocycles. The molecule has 3 rings (SSSR count). The van der Waals surface area contributed by atoms with Gasteiger partial charge in [-0.2, -0.15) is 0 Å². The van der Waals surface area contributed by atoms with Crippen LogP contribution in [0.1, 0.15) is 30.4 Å². The first-order valence-electron chi connectivity index (χ1n) is 12.6. The zero-order valence-electron chi connectivity index (χ0n) is 21.7. The van der Waals surface area contributed by atoms with Gasteiger partial charge in [0, 0.05) is 13.6 Å². The first-order valence-corrected chi connectivity index (χ1v) is 12.6. The number of amides is 2. The molecule has 0 heterocycles. The van der Waals surface area contributed by atoms with Crippen LogP contribution in [0.15, 0.2) is 53.7 Å². The van der Waals surface area contributed by atoms with Gasteiger partial charge in [0.2, 0.25) is 11.8 Å². The lowest BCUT2D eigenvalue weighted by Gasteiger charge is -2.24. The number of nitrogens with zero attached hydrogens (tertiary/aromatic N) is 2. The molecular weight excluding hydrogens is 474 g/mol. The molecule has 37 heavy (non-hydrogen) atoms. The van der Waals surface area contributed by atoms with E-state index in [0.29, 0.717) is 25.4 Å². The van der Waals surface area contributed by atoms with Crippen LogP contribution in [0.3, 0.4) is 0 Å². The summed E-state index contributed by atoms with van der Waals surface area (Å²) < 4.78 is 5.90. The number of carbonyl (C=O) groups excluding carboxylic acids is 2. The Hall–Kier alpha value is -3.50. The van der Waals surface area contributed by atoms with Crippen molar-refractivity contribution in [3.05, 3.63) is 64.6 Å². The summed E-state index contributed by atoms with van der Waals surface area (Å²) in [5.41, 5.74) is 7.89. The van der Waals surface area contributed by atoms with Crippen molar-refractivity contribution in [3.63, 3.8) is 0 Å². The fraction of sp³-hybridized carbons (Fsp3) is 0.481. The smallest absolute Gasteiger partial charge is 0.241 e. The second-order valence-electron chi connectivity index (χ2n) is 9.03. The van der Waals surface area contributed by atoms with Crippen molar-refractivity contribution in [1.82, 2.24) is 15.5 Å². The van der Waals surface area contributed by atoms with Gasteiger partial charge >= 0.3 is 0 Å². The fourth-order valence-corrected chi connectivity index (χ4v) is 3.66. The second-order valence-corrected chi connectivity index (χ2v) is 9.03. The Morgan fingerprint density at radius 1 is 1.19 bits per heavy atom. The molecule has 0 aromatic heterocycles. The van der Waals surface area contributed by atoms with E-state index >= 15 is 0 Å². The molecule has 10 nitrogen and oxygen atoms in total. The van der Waals surface area contributed by atoms with Gasteiger partial charge in [-0.15, -0.1) is 4.91 Å². The Bertz CT molecular complexity index is 960. The van der Waals surface area contributed by atoms with Crippen molar-refractivity contribution in [3.8, 4) is 11.5 Å². The molecule has 0 aliphatic heterocycles. The van der Waals surface area contributed by atoms with Crippen LogP contribution in [0.2, 0.25) is 0 Å². The van der Waals surface area contributed by atoms with E-state index in [1.165, 1.54) is 10.5 Å². The number of carbonyl (C=O) groups is 2. The number of likely N-dealkylation sites (N-methyl/N-ethyl adjacent to an activating group) is 1. The number of hydrogen-bond donors (Lipinski definition) is 4. The van der Waals surface area contributed by atoms with Crippen molar-refractivity contribution in [2.75, 3.05) is 40.0 Å². The van der Waals surface area contributed by atoms with Crippen LogP contribution in [-0.2, 0) is 16.0 Å². The van der Waals surface area contributed by atoms with E-state index in [0.717, 1.165) is 37.0 Å². The Labute approximate surface area is 218 Å². The molecule has 1 saturated carbocycles. The lowest BCUT2D eigenvalue weighted by atomic mass is 10.1. The standard InChI is InChI=1S/C20H31N5O4.C7H8O/c1-25(13-18(26)23-14-24-28)20(27)19(16-8-9-16)22-11-12-29-17-7-3-2-5-15(17)6-4-10-21;1-6-2-4-7(8)5-3-6/h2-3,5,7,16,19,22H,4,6,8-14,21H2,1H3,(H,23,26);2-5,8H,1H3. The molecule has 202 valence electrons. The highest BCUT2D eigenvalue weighted by Gasteiger charge is 2.37. The number of ether oxygens (including phenoxy) is 1. The topological polar surface area (TPSA) is 146 Å². The number of phenols is 1. The summed E-state index contributed by atoms with van der Waals surface area (Å²) in [7, 11) is 1.58. The molecule has 10 heteroatoms. The molecule has 1 unspecified atom stereocenters. The minimum Gasteiger partial charge on any atom is -0.508 e. The van der Waals surface area contributed by atoms with Crippen molar-refractivity contribution < 1.29 is 19.4 Å². The molecule has 0 spiro atoms. The third-order valence-corrected chi connectivity index (χ3v) is 5.84. The maximum atomic E-state index is 12.7. The van der Waals surface area contributed by atoms with E-state index in [2.05, 4.69) is 15.8 Å². The minimum absolute atomic E-state index is 0.107. The summed E-state index contributed by atoms with van der Waals surface area (Å²) in [5.74, 6) is 0.907. The van der Waals surface area contributed by atoms with Gasteiger partial charge in [-0.1, -0.05) is 35.9 Å². The summed E-state index contributed by atoms with van der Waals surface area (Å²) in [5, 5.41) is 16.9. The average Bonchev–Trinajstić information content (AvgIpc) is 3.74. The number of nitrogens with one attached hydrogen (secondary N) is 2. The number of aryl methyl sites for hydroxylation is 2. The molecule has 2 aromatic rings. The van der Waals surface area contributed by atoms with Crippen molar-refractivity contribution in [1.29, 1.82) is 0 Å². The summed E-state index contributed by atoms with van der Waals surface area (Å²) in [6.07, 6.45) is 3.75. The van der Waals surface area contributed by atoms with Crippen LogP contribution < -0.4 is 21.1 Å². The molecule has 2 amide bonds. The van der Waals surface area contributed by atoms with Crippen LogP contribution in [0, 0.1) is 17.7 Å². The summed E-state index contributed by atoms with van der Waals surface area (Å²) in [6, 6.07) is 14.6. The number of aromatic hydroxyl groups is 1. The zero-order chi connectivity index (χ0) is 27.0. The van der Waals surface area contributed by atoms with Crippen LogP contribution in [0.5, 0.6) is 11.5 Å². The number of hydrogen-bond acceptors (Lipinski definition) is 8. The third kappa shape index (κ3) is 11.4. The van der Waals surface area contributed by atoms with Crippen LogP contribution in [-0.4, -0.2) is 67.8 Å². The molecule has 5 N–H and O–H groups in total. The molecule has 0 bridgehead atoms. The van der Waals surface area contributed by atoms with E-state index in [1.54, 1.807) is 19.2 Å². The molecule has 1 fully saturated rings. The van der Waals surface area contributed by atoms with Crippen LogP contribution in [0.4, 0.5) is 0 Å². The van der Waals surface area contributed by atoms with Gasteiger partial charge in [-0.3, -0.25) is 9.59 Å². The quantitative estimate of drug-likeness (QED) is 0.224. The minimum atomic E-state index is -0.410. The van der Waals surface area contributed by atoms with E-state index in [-0.39, 0.29) is 31.1 Å². The van der Waals surface area contributed by atoms with Crippen molar-refractivity contribution >= 4 is 11.8 Å². The largest absolute Gasteiger partial charge is 0.508 e. The lowest BCUT2D eigenvalue weighted by molar-refractivity contribution is -0.136. The Kier molecular flexibility index (Phi) is 13.1. The summed E-state index contributed by atoms with van der Waals surface area (Å²) >= 11 is 0. The van der Waals surface area contributed by atoms with E-state index in [4.69, 9.17) is 15.6 Å². The summed E-state index contributed by atoms with van der Waals surface area (Å²) in [6.45, 7) is 3.18. The normalized spacial score (nSPS) is 13.1. The highest BCUT2D eigenvalue weighted by molar-refractivity contribution is 5.87. The Morgan fingerprint density at radius 2 is 1.89 bits per heavy atom. The predicted molar refractivity (Wildman–Crippen MR) is 143 cm³/mol. The number of rotatable bonds is 14. The van der Waals surface area contributed by atoms with E-state index in [9.17, 15) is 14.5 Å². The monoisotopic (exact) mass is 513 g/mol. The maximum absolute atomic E-state index is 12.7. The number of nitroso groups, excluding NO2 is 1. The van der Waals surface area contributed by atoms with Crippen molar-refractivity contribution in [2.24, 2.45) is 16.8 Å². The Balaban J connectivity index is 0.000000510. The number of para-hydroxylation sites is 1. The van der Waals surface area contributed by atoms with Gasteiger partial charge in [0.1, 0.15) is 18.1 Å². The lowest BCUT2D eigenvalue weighted by Crippen LogP contribution is -2.49. The van der Waals surface area contributed by atoms with Gasteiger partial charge < -0.3 is 31.1 Å². The van der Waals surface area contributed by atoms with Gasteiger partial charge in [0.25, 0.3) is 0 Å². The molecule has 0 radical (unpaired) electrons.